The molecule has 2 rings (SSSR count). The second kappa shape index (κ2) is 7.66. The lowest BCUT2D eigenvalue weighted by Crippen LogP contribution is -2.38. The van der Waals surface area contributed by atoms with E-state index in [-0.39, 0.29) is 6.04 Å². The van der Waals surface area contributed by atoms with Gasteiger partial charge in [-0.1, -0.05) is 6.07 Å². The van der Waals surface area contributed by atoms with Gasteiger partial charge in [0.1, 0.15) is 0 Å². The van der Waals surface area contributed by atoms with Gasteiger partial charge in [0.05, 0.1) is 20.3 Å². The molecule has 1 fully saturated rings. The molecule has 0 saturated heterocycles. The fraction of sp³-hybridized carbons (Fsp3) is 0.647. The minimum Gasteiger partial charge on any atom is -0.493 e. The summed E-state index contributed by atoms with van der Waals surface area (Å²) in [5.41, 5.74) is 1.21. The molecule has 3 atom stereocenters. The molecule has 0 aromatic heterocycles. The van der Waals surface area contributed by atoms with Crippen molar-refractivity contribution in [2.45, 2.75) is 50.8 Å². The maximum atomic E-state index is 5.50. The van der Waals surface area contributed by atoms with Crippen molar-refractivity contribution in [1.29, 1.82) is 0 Å². The molecule has 118 valence electrons. The van der Waals surface area contributed by atoms with Gasteiger partial charge in [-0.15, -0.1) is 0 Å². The van der Waals surface area contributed by atoms with Crippen LogP contribution in [0, 0.1) is 0 Å². The number of nitrogens with one attached hydrogen (secondary N) is 1. The van der Waals surface area contributed by atoms with Gasteiger partial charge in [-0.2, -0.15) is 0 Å². The van der Waals surface area contributed by atoms with Gasteiger partial charge in [0.15, 0.2) is 11.5 Å². The molecule has 0 bridgehead atoms. The third-order valence-electron chi connectivity index (χ3n) is 4.35. The topological polar surface area (TPSA) is 39.7 Å². The largest absolute Gasteiger partial charge is 0.493 e. The van der Waals surface area contributed by atoms with Crippen LogP contribution in [0.1, 0.15) is 44.2 Å². The van der Waals surface area contributed by atoms with Crippen molar-refractivity contribution >= 4 is 0 Å². The van der Waals surface area contributed by atoms with Crippen LogP contribution in [0.15, 0.2) is 18.2 Å². The third-order valence-corrected chi connectivity index (χ3v) is 4.35. The van der Waals surface area contributed by atoms with Gasteiger partial charge in [-0.25, -0.2) is 0 Å². The Bertz CT molecular complexity index is 450. The highest BCUT2D eigenvalue weighted by atomic mass is 16.5. The molecule has 21 heavy (non-hydrogen) atoms. The van der Waals surface area contributed by atoms with Crippen molar-refractivity contribution in [2.75, 3.05) is 21.3 Å². The predicted octanol–water partition coefficient (Wildman–Crippen LogP) is 3.31. The van der Waals surface area contributed by atoms with Crippen LogP contribution >= 0.6 is 0 Å². The highest BCUT2D eigenvalue weighted by molar-refractivity contribution is 5.43. The second-order valence-corrected chi connectivity index (χ2v) is 5.72. The Labute approximate surface area is 127 Å². The number of ether oxygens (including phenoxy) is 3. The Morgan fingerprint density at radius 1 is 1.10 bits per heavy atom. The summed E-state index contributed by atoms with van der Waals surface area (Å²) in [5, 5.41) is 3.71. The molecule has 0 heterocycles. The summed E-state index contributed by atoms with van der Waals surface area (Å²) in [6.07, 6.45) is 5.12. The van der Waals surface area contributed by atoms with Gasteiger partial charge >= 0.3 is 0 Å². The normalized spacial score (nSPS) is 23.6. The van der Waals surface area contributed by atoms with Crippen LogP contribution in [0.2, 0.25) is 0 Å². The zero-order valence-corrected chi connectivity index (χ0v) is 13.5. The van der Waals surface area contributed by atoms with Crippen molar-refractivity contribution in [3.63, 3.8) is 0 Å². The van der Waals surface area contributed by atoms with Crippen LogP contribution in [-0.4, -0.2) is 33.5 Å². The van der Waals surface area contributed by atoms with E-state index in [1.54, 1.807) is 14.2 Å². The quantitative estimate of drug-likeness (QED) is 0.873. The molecular weight excluding hydrogens is 266 g/mol. The maximum absolute atomic E-state index is 5.50. The number of rotatable bonds is 6. The first-order valence-electron chi connectivity index (χ1n) is 7.68. The summed E-state index contributed by atoms with van der Waals surface area (Å²) in [4.78, 5) is 0. The van der Waals surface area contributed by atoms with E-state index in [0.29, 0.717) is 12.1 Å². The van der Waals surface area contributed by atoms with E-state index in [0.717, 1.165) is 17.9 Å². The summed E-state index contributed by atoms with van der Waals surface area (Å²) in [5.74, 6) is 1.55. The Hall–Kier alpha value is -1.26. The first-order valence-corrected chi connectivity index (χ1v) is 7.68. The van der Waals surface area contributed by atoms with E-state index in [2.05, 4.69) is 18.3 Å². The van der Waals surface area contributed by atoms with E-state index >= 15 is 0 Å². The van der Waals surface area contributed by atoms with Gasteiger partial charge in [0.2, 0.25) is 0 Å². The van der Waals surface area contributed by atoms with Gasteiger partial charge < -0.3 is 19.5 Å². The lowest BCUT2D eigenvalue weighted by Gasteiger charge is -2.31. The molecule has 3 unspecified atom stereocenters. The van der Waals surface area contributed by atoms with Crippen LogP contribution in [0.25, 0.3) is 0 Å². The number of hydrogen-bond acceptors (Lipinski definition) is 4. The average molecular weight is 293 g/mol. The molecule has 1 aromatic carbocycles. The van der Waals surface area contributed by atoms with Gasteiger partial charge in [0, 0.05) is 19.2 Å². The fourth-order valence-corrected chi connectivity index (χ4v) is 3.08. The van der Waals surface area contributed by atoms with Crippen LogP contribution in [0.3, 0.4) is 0 Å². The van der Waals surface area contributed by atoms with Crippen LogP contribution < -0.4 is 14.8 Å². The SMILES string of the molecule is COc1ccc(C(C)NC2CCCC(OC)C2)cc1OC. The van der Waals surface area contributed by atoms with E-state index in [1.165, 1.54) is 24.8 Å². The lowest BCUT2D eigenvalue weighted by molar-refractivity contribution is 0.0572. The average Bonchev–Trinajstić information content (AvgIpc) is 2.54. The first kappa shape index (κ1) is 16.1. The Kier molecular flexibility index (Phi) is 5.88. The van der Waals surface area contributed by atoms with Crippen molar-refractivity contribution in [2.24, 2.45) is 0 Å². The van der Waals surface area contributed by atoms with E-state index in [1.807, 2.05) is 19.2 Å². The van der Waals surface area contributed by atoms with Crippen molar-refractivity contribution in [3.05, 3.63) is 23.8 Å². The molecule has 1 N–H and O–H groups in total. The predicted molar refractivity (Wildman–Crippen MR) is 84.1 cm³/mol. The zero-order chi connectivity index (χ0) is 15.2. The smallest absolute Gasteiger partial charge is 0.161 e. The molecule has 1 aliphatic rings. The minimum atomic E-state index is 0.283. The standard InChI is InChI=1S/C17H27NO3/c1-12(18-14-6-5-7-15(11-14)19-2)13-8-9-16(20-3)17(10-13)21-4/h8-10,12,14-15,18H,5-7,11H2,1-4H3. The number of benzene rings is 1. The summed E-state index contributed by atoms with van der Waals surface area (Å²) >= 11 is 0. The zero-order valence-electron chi connectivity index (χ0n) is 13.5. The molecule has 1 aliphatic carbocycles. The van der Waals surface area contributed by atoms with Crippen molar-refractivity contribution in [3.8, 4) is 11.5 Å². The molecule has 0 spiro atoms. The molecule has 0 aliphatic heterocycles. The molecule has 0 radical (unpaired) electrons. The molecular formula is C17H27NO3. The lowest BCUT2D eigenvalue weighted by atomic mass is 9.92. The second-order valence-electron chi connectivity index (χ2n) is 5.72. The molecule has 0 amide bonds. The summed E-state index contributed by atoms with van der Waals surface area (Å²) < 4.78 is 16.2. The monoisotopic (exact) mass is 293 g/mol. The van der Waals surface area contributed by atoms with Gasteiger partial charge in [-0.05, 0) is 50.3 Å². The number of hydrogen-bond donors (Lipinski definition) is 1. The highest BCUT2D eigenvalue weighted by Gasteiger charge is 2.23. The Morgan fingerprint density at radius 2 is 1.86 bits per heavy atom. The molecule has 4 heteroatoms. The third kappa shape index (κ3) is 4.11. The van der Waals surface area contributed by atoms with Gasteiger partial charge in [0.25, 0.3) is 0 Å². The van der Waals surface area contributed by atoms with Crippen molar-refractivity contribution in [1.82, 2.24) is 5.32 Å². The first-order chi connectivity index (χ1) is 10.2. The number of methoxy groups -OCH3 is 3. The summed E-state index contributed by atoms with van der Waals surface area (Å²) in [6.45, 7) is 2.19. The highest BCUT2D eigenvalue weighted by Crippen LogP contribution is 2.31. The van der Waals surface area contributed by atoms with Gasteiger partial charge in [-0.3, -0.25) is 0 Å². The fourth-order valence-electron chi connectivity index (χ4n) is 3.08. The molecule has 1 saturated carbocycles. The van der Waals surface area contributed by atoms with E-state index < -0.39 is 0 Å². The van der Waals surface area contributed by atoms with Crippen LogP contribution in [0.5, 0.6) is 11.5 Å². The Balaban J connectivity index is 2.01. The van der Waals surface area contributed by atoms with Crippen LogP contribution in [0.4, 0.5) is 0 Å². The van der Waals surface area contributed by atoms with Crippen LogP contribution in [-0.2, 0) is 4.74 Å². The van der Waals surface area contributed by atoms with E-state index in [4.69, 9.17) is 14.2 Å². The minimum absolute atomic E-state index is 0.283. The van der Waals surface area contributed by atoms with Crippen molar-refractivity contribution < 1.29 is 14.2 Å². The molecule has 1 aromatic rings. The summed E-state index contributed by atoms with van der Waals surface area (Å²) in [7, 11) is 5.14. The maximum Gasteiger partial charge on any atom is 0.161 e. The van der Waals surface area contributed by atoms with E-state index in [9.17, 15) is 0 Å². The molecule has 4 nitrogen and oxygen atoms in total. The Morgan fingerprint density at radius 3 is 2.52 bits per heavy atom. The summed E-state index contributed by atoms with van der Waals surface area (Å²) in [6, 6.07) is 6.91.